The van der Waals surface area contributed by atoms with Crippen molar-refractivity contribution in [2.45, 2.75) is 18.9 Å². The molecule has 1 aliphatic rings. The molecule has 0 unspecified atom stereocenters. The van der Waals surface area contributed by atoms with Crippen molar-refractivity contribution in [2.75, 3.05) is 32.6 Å². The second-order valence-electron chi connectivity index (χ2n) is 8.03. The van der Waals surface area contributed by atoms with E-state index in [0.29, 0.717) is 17.1 Å². The zero-order valence-electron chi connectivity index (χ0n) is 18.3. The molecule has 1 saturated heterocycles. The average molecular weight is 434 g/mol. The van der Waals surface area contributed by atoms with Crippen molar-refractivity contribution in [1.82, 2.24) is 20.4 Å². The van der Waals surface area contributed by atoms with Crippen molar-refractivity contribution in [3.05, 3.63) is 54.7 Å². The fourth-order valence-electron chi connectivity index (χ4n) is 3.92. The van der Waals surface area contributed by atoms with E-state index in [0.717, 1.165) is 48.0 Å². The van der Waals surface area contributed by atoms with Crippen LogP contribution < -0.4 is 15.4 Å². The topological polar surface area (TPSA) is 99.3 Å². The van der Waals surface area contributed by atoms with Crippen LogP contribution in [0.4, 0.5) is 5.69 Å². The van der Waals surface area contributed by atoms with Gasteiger partial charge in [0.1, 0.15) is 5.75 Å². The number of carbonyl (C=O) groups is 2. The molecule has 1 fully saturated rings. The number of carbonyl (C=O) groups excluding carboxylic acids is 2. The van der Waals surface area contributed by atoms with Crippen LogP contribution in [0, 0.1) is 0 Å². The molecule has 2 amide bonds. The molecular weight excluding hydrogens is 406 g/mol. The zero-order valence-corrected chi connectivity index (χ0v) is 18.3. The minimum atomic E-state index is -0.303. The van der Waals surface area contributed by atoms with Crippen molar-refractivity contribution in [1.29, 1.82) is 0 Å². The van der Waals surface area contributed by atoms with E-state index in [1.54, 1.807) is 13.2 Å². The number of H-pyrrole nitrogens is 1. The van der Waals surface area contributed by atoms with Gasteiger partial charge in [-0.25, -0.2) is 0 Å². The summed E-state index contributed by atoms with van der Waals surface area (Å²) in [6.45, 7) is 5.42. The lowest BCUT2D eigenvalue weighted by Gasteiger charge is -2.29. The number of aromatic amines is 1. The van der Waals surface area contributed by atoms with Gasteiger partial charge in [-0.15, -0.1) is 0 Å². The van der Waals surface area contributed by atoms with Gasteiger partial charge in [0.15, 0.2) is 5.69 Å². The lowest BCUT2D eigenvalue weighted by Crippen LogP contribution is -2.43. The van der Waals surface area contributed by atoms with Crippen LogP contribution in [0.1, 0.15) is 23.3 Å². The van der Waals surface area contributed by atoms with E-state index in [1.165, 1.54) is 6.08 Å². The number of piperidine rings is 1. The highest BCUT2D eigenvalue weighted by atomic mass is 16.5. The van der Waals surface area contributed by atoms with Crippen LogP contribution >= 0.6 is 0 Å². The normalized spacial score (nSPS) is 14.8. The smallest absolute Gasteiger partial charge is 0.272 e. The number of benzene rings is 2. The number of hydrogen-bond donors (Lipinski definition) is 3. The third kappa shape index (κ3) is 4.65. The predicted molar refractivity (Wildman–Crippen MR) is 125 cm³/mol. The van der Waals surface area contributed by atoms with E-state index in [2.05, 4.69) is 39.4 Å². The molecular formula is C24H27N5O3. The first-order valence-electron chi connectivity index (χ1n) is 10.6. The van der Waals surface area contributed by atoms with Gasteiger partial charge in [-0.1, -0.05) is 12.6 Å². The van der Waals surface area contributed by atoms with Crippen LogP contribution in [-0.2, 0) is 4.79 Å². The highest BCUT2D eigenvalue weighted by molar-refractivity contribution is 6.06. The van der Waals surface area contributed by atoms with Gasteiger partial charge >= 0.3 is 0 Å². The quantitative estimate of drug-likeness (QED) is 0.519. The van der Waals surface area contributed by atoms with Crippen LogP contribution in [-0.4, -0.2) is 60.2 Å². The molecule has 0 spiro atoms. The monoisotopic (exact) mass is 433 g/mol. The summed E-state index contributed by atoms with van der Waals surface area (Å²) in [6.07, 6.45) is 3.07. The Hall–Kier alpha value is -3.65. The van der Waals surface area contributed by atoms with Crippen molar-refractivity contribution in [3.63, 3.8) is 0 Å². The number of hydrogen-bond acceptors (Lipinski definition) is 5. The van der Waals surface area contributed by atoms with Crippen molar-refractivity contribution in [3.8, 4) is 16.9 Å². The second kappa shape index (κ2) is 9.23. The largest absolute Gasteiger partial charge is 0.497 e. The maximum atomic E-state index is 12.9. The van der Waals surface area contributed by atoms with Crippen LogP contribution in [0.3, 0.4) is 0 Å². The number of amides is 2. The van der Waals surface area contributed by atoms with Gasteiger partial charge in [-0.05, 0) is 74.4 Å². The molecule has 4 rings (SSSR count). The van der Waals surface area contributed by atoms with Crippen LogP contribution in [0.15, 0.2) is 49.1 Å². The van der Waals surface area contributed by atoms with E-state index in [-0.39, 0.29) is 17.9 Å². The molecule has 0 atom stereocenters. The standard InChI is InChI=1S/C24H27N5O3/c1-4-22(30)25-18-11-16(12-19(14-18)32-3)15-5-6-21-20(13-15)23(28-27-21)24(31)26-17-7-9-29(2)10-8-17/h4-6,11-14,17H,1,7-10H2,2-3H3,(H,25,30)(H,26,31)(H,27,28). The fourth-order valence-corrected chi connectivity index (χ4v) is 3.92. The Morgan fingerprint density at radius 2 is 1.97 bits per heavy atom. The predicted octanol–water partition coefficient (Wildman–Crippen LogP) is 3.19. The molecule has 166 valence electrons. The Kier molecular flexibility index (Phi) is 6.23. The Morgan fingerprint density at radius 3 is 2.69 bits per heavy atom. The summed E-state index contributed by atoms with van der Waals surface area (Å²) in [5, 5.41) is 13.9. The van der Waals surface area contributed by atoms with Gasteiger partial charge < -0.3 is 20.3 Å². The van der Waals surface area contributed by atoms with Gasteiger partial charge in [0.05, 0.1) is 12.6 Å². The Bertz CT molecular complexity index is 1160. The molecule has 2 aromatic carbocycles. The molecule has 8 nitrogen and oxygen atoms in total. The molecule has 2 heterocycles. The van der Waals surface area contributed by atoms with E-state index >= 15 is 0 Å². The van der Waals surface area contributed by atoms with Gasteiger partial charge in [-0.2, -0.15) is 5.10 Å². The van der Waals surface area contributed by atoms with Gasteiger partial charge in [0.25, 0.3) is 5.91 Å². The Balaban J connectivity index is 1.64. The zero-order chi connectivity index (χ0) is 22.7. The summed E-state index contributed by atoms with van der Waals surface area (Å²) < 4.78 is 5.40. The lowest BCUT2D eigenvalue weighted by atomic mass is 10.0. The molecule has 0 saturated carbocycles. The number of ether oxygens (including phenoxy) is 1. The van der Waals surface area contributed by atoms with Crippen LogP contribution in [0.2, 0.25) is 0 Å². The molecule has 8 heteroatoms. The maximum Gasteiger partial charge on any atom is 0.272 e. The van der Waals surface area contributed by atoms with E-state index in [4.69, 9.17) is 4.74 Å². The maximum absolute atomic E-state index is 12.9. The van der Waals surface area contributed by atoms with E-state index in [1.807, 2.05) is 30.3 Å². The summed E-state index contributed by atoms with van der Waals surface area (Å²) in [5.41, 5.74) is 3.47. The van der Waals surface area contributed by atoms with E-state index < -0.39 is 0 Å². The highest BCUT2D eigenvalue weighted by Crippen LogP contribution is 2.31. The van der Waals surface area contributed by atoms with E-state index in [9.17, 15) is 9.59 Å². The number of aromatic nitrogens is 2. The fraction of sp³-hybridized carbons (Fsp3) is 0.292. The minimum Gasteiger partial charge on any atom is -0.497 e. The molecule has 0 aliphatic carbocycles. The first kappa shape index (κ1) is 21.6. The summed E-state index contributed by atoms with van der Waals surface area (Å²) in [4.78, 5) is 26.9. The van der Waals surface area contributed by atoms with Crippen LogP contribution in [0.25, 0.3) is 22.0 Å². The van der Waals surface area contributed by atoms with Crippen LogP contribution in [0.5, 0.6) is 5.75 Å². The SMILES string of the molecule is C=CC(=O)Nc1cc(OC)cc(-c2ccc3[nH]nc(C(=O)NC4CCN(C)CC4)c3c2)c1. The van der Waals surface area contributed by atoms with Gasteiger partial charge in [-0.3, -0.25) is 14.7 Å². The molecule has 3 aromatic rings. The number of nitrogens with zero attached hydrogens (tertiary/aromatic N) is 2. The first-order valence-corrected chi connectivity index (χ1v) is 10.6. The first-order chi connectivity index (χ1) is 15.5. The molecule has 1 aromatic heterocycles. The van der Waals surface area contributed by atoms with Crippen molar-refractivity contribution < 1.29 is 14.3 Å². The second-order valence-corrected chi connectivity index (χ2v) is 8.03. The summed E-state index contributed by atoms with van der Waals surface area (Å²) in [7, 11) is 3.66. The van der Waals surface area contributed by atoms with Crippen molar-refractivity contribution >= 4 is 28.4 Å². The van der Waals surface area contributed by atoms with Gasteiger partial charge in [0, 0.05) is 23.2 Å². The third-order valence-electron chi connectivity index (χ3n) is 5.76. The highest BCUT2D eigenvalue weighted by Gasteiger charge is 2.22. The van der Waals surface area contributed by atoms with Gasteiger partial charge in [0.2, 0.25) is 5.91 Å². The molecule has 0 bridgehead atoms. The minimum absolute atomic E-state index is 0.156. The lowest BCUT2D eigenvalue weighted by molar-refractivity contribution is -0.111. The number of fused-ring (bicyclic) bond motifs is 1. The number of rotatable bonds is 6. The molecule has 32 heavy (non-hydrogen) atoms. The number of nitrogens with one attached hydrogen (secondary N) is 3. The molecule has 3 N–H and O–H groups in total. The number of likely N-dealkylation sites (tertiary alicyclic amines) is 1. The summed E-state index contributed by atoms with van der Waals surface area (Å²) in [6, 6.07) is 11.4. The molecule has 1 aliphatic heterocycles. The Labute approximate surface area is 186 Å². The number of methoxy groups -OCH3 is 1. The number of anilines is 1. The summed E-state index contributed by atoms with van der Waals surface area (Å²) in [5.74, 6) is 0.129. The van der Waals surface area contributed by atoms with Crippen molar-refractivity contribution in [2.24, 2.45) is 0 Å². The molecule has 0 radical (unpaired) electrons. The third-order valence-corrected chi connectivity index (χ3v) is 5.76. The average Bonchev–Trinajstić information content (AvgIpc) is 3.23. The Morgan fingerprint density at radius 1 is 1.19 bits per heavy atom. The summed E-state index contributed by atoms with van der Waals surface area (Å²) >= 11 is 0.